The second kappa shape index (κ2) is 10.1. The highest BCUT2D eigenvalue weighted by molar-refractivity contribution is 7.73. The van der Waals surface area contributed by atoms with Crippen molar-refractivity contribution in [1.82, 2.24) is 0 Å². The van der Waals surface area contributed by atoms with Crippen molar-refractivity contribution in [3.63, 3.8) is 0 Å². The van der Waals surface area contributed by atoms with E-state index in [-0.39, 0.29) is 13.2 Å². The first-order valence-corrected chi connectivity index (χ1v) is 2.73. The van der Waals surface area contributed by atoms with Crippen LogP contribution in [0.3, 0.4) is 0 Å². The summed E-state index contributed by atoms with van der Waals surface area (Å²) in [4.78, 5) is 0. The molecule has 4 N–H and O–H groups in total. The zero-order chi connectivity index (χ0) is 6.99. The monoisotopic (exact) mass is 144 g/mol. The molecule has 0 aliphatic carbocycles. The fourth-order valence-electron chi connectivity index (χ4n) is 0. The van der Waals surface area contributed by atoms with Crippen LogP contribution in [-0.2, 0) is 11.4 Å². The molecule has 0 spiro atoms. The van der Waals surface area contributed by atoms with Gasteiger partial charge in [-0.2, -0.15) is 4.21 Å². The molecule has 52 valence electrons. The summed E-state index contributed by atoms with van der Waals surface area (Å²) >= 11 is -2.61. The van der Waals surface area contributed by atoms with Gasteiger partial charge in [0.15, 0.2) is 0 Å². The molecular weight excluding hydrogens is 136 g/mol. The SMILES string of the molecule is O=S(O)O.OCCO. The van der Waals surface area contributed by atoms with Crippen LogP contribution in [0.5, 0.6) is 0 Å². The van der Waals surface area contributed by atoms with E-state index in [0.29, 0.717) is 0 Å². The largest absolute Gasteiger partial charge is 0.394 e. The number of hydrogen-bond donors (Lipinski definition) is 4. The highest BCUT2D eigenvalue weighted by Gasteiger charge is 1.62. The van der Waals surface area contributed by atoms with E-state index in [1.165, 1.54) is 0 Å². The van der Waals surface area contributed by atoms with Gasteiger partial charge in [-0.25, -0.2) is 0 Å². The number of hydrogen-bond acceptors (Lipinski definition) is 3. The van der Waals surface area contributed by atoms with Gasteiger partial charge in [-0.05, 0) is 0 Å². The lowest BCUT2D eigenvalue weighted by Gasteiger charge is -1.70. The van der Waals surface area contributed by atoms with E-state index in [1.807, 2.05) is 0 Å². The predicted molar refractivity (Wildman–Crippen MR) is 27.6 cm³/mol. The molecule has 0 saturated carbocycles. The van der Waals surface area contributed by atoms with Gasteiger partial charge >= 0.3 is 0 Å². The van der Waals surface area contributed by atoms with Gasteiger partial charge in [-0.15, -0.1) is 0 Å². The van der Waals surface area contributed by atoms with Gasteiger partial charge in [-0.3, -0.25) is 9.11 Å². The number of aliphatic hydroxyl groups excluding tert-OH is 2. The molecule has 0 rings (SSSR count). The summed E-state index contributed by atoms with van der Waals surface area (Å²) in [7, 11) is 0. The van der Waals surface area contributed by atoms with Gasteiger partial charge in [-0.1, -0.05) is 0 Å². The Balaban J connectivity index is 0. The Kier molecular flexibility index (Phi) is 13.7. The summed E-state index contributed by atoms with van der Waals surface area (Å²) in [6, 6.07) is 0. The summed E-state index contributed by atoms with van der Waals surface area (Å²) in [6.07, 6.45) is 0. The molecule has 0 bridgehead atoms. The Morgan fingerprint density at radius 2 is 1.25 bits per heavy atom. The van der Waals surface area contributed by atoms with Gasteiger partial charge < -0.3 is 10.2 Å². The highest BCUT2D eigenvalue weighted by Crippen LogP contribution is 1.44. The lowest BCUT2D eigenvalue weighted by atomic mass is 10.8. The van der Waals surface area contributed by atoms with Crippen LogP contribution < -0.4 is 0 Å². The zero-order valence-electron chi connectivity index (χ0n) is 4.02. The van der Waals surface area contributed by atoms with Crippen LogP contribution in [-0.4, -0.2) is 36.7 Å². The summed E-state index contributed by atoms with van der Waals surface area (Å²) in [5, 5.41) is 15.2. The molecule has 0 radical (unpaired) electrons. The van der Waals surface area contributed by atoms with Crippen molar-refractivity contribution in [2.45, 2.75) is 0 Å². The Morgan fingerprint density at radius 3 is 1.25 bits per heavy atom. The third-order valence-electron chi connectivity index (χ3n) is 0.1000. The van der Waals surface area contributed by atoms with Crippen LogP contribution in [0.2, 0.25) is 0 Å². The molecule has 5 nitrogen and oxygen atoms in total. The van der Waals surface area contributed by atoms with Crippen molar-refractivity contribution in [2.75, 3.05) is 13.2 Å². The van der Waals surface area contributed by atoms with E-state index < -0.39 is 11.4 Å². The zero-order valence-corrected chi connectivity index (χ0v) is 4.84. The Bertz CT molecular complexity index is 48.4. The molecule has 0 heterocycles. The van der Waals surface area contributed by atoms with Crippen molar-refractivity contribution in [3.05, 3.63) is 0 Å². The second-order valence-electron chi connectivity index (χ2n) is 0.678. The highest BCUT2D eigenvalue weighted by atomic mass is 32.2. The molecule has 0 saturated heterocycles. The maximum atomic E-state index is 8.67. The number of rotatable bonds is 1. The smallest absolute Gasteiger partial charge is 0.299 e. The first-order valence-electron chi connectivity index (χ1n) is 1.66. The molecule has 6 heteroatoms. The van der Waals surface area contributed by atoms with Crippen molar-refractivity contribution >= 4 is 11.4 Å². The topological polar surface area (TPSA) is 98.0 Å². The van der Waals surface area contributed by atoms with Gasteiger partial charge in [0.05, 0.1) is 13.2 Å². The molecule has 0 aromatic heterocycles. The van der Waals surface area contributed by atoms with E-state index >= 15 is 0 Å². The minimum Gasteiger partial charge on any atom is -0.394 e. The Hall–Kier alpha value is -0.0100. The summed E-state index contributed by atoms with van der Waals surface area (Å²) in [5.74, 6) is 0. The molecule has 0 amide bonds. The lowest BCUT2D eigenvalue weighted by molar-refractivity contribution is 0.186. The van der Waals surface area contributed by atoms with Gasteiger partial charge in [0.1, 0.15) is 0 Å². The molecule has 0 fully saturated rings. The van der Waals surface area contributed by atoms with Crippen molar-refractivity contribution in [3.8, 4) is 0 Å². The van der Waals surface area contributed by atoms with E-state index in [1.54, 1.807) is 0 Å². The quantitative estimate of drug-likeness (QED) is 0.341. The van der Waals surface area contributed by atoms with E-state index in [2.05, 4.69) is 0 Å². The summed E-state index contributed by atoms with van der Waals surface area (Å²) < 4.78 is 22.8. The van der Waals surface area contributed by atoms with Crippen LogP contribution >= 0.6 is 0 Å². The normalized spacial score (nSPS) is 8.12. The number of aliphatic hydroxyl groups is 2. The van der Waals surface area contributed by atoms with E-state index in [0.717, 1.165) is 0 Å². The van der Waals surface area contributed by atoms with Crippen LogP contribution in [0.4, 0.5) is 0 Å². The van der Waals surface area contributed by atoms with Gasteiger partial charge in [0.25, 0.3) is 11.4 Å². The molecule has 0 aliphatic rings. The van der Waals surface area contributed by atoms with Gasteiger partial charge in [0.2, 0.25) is 0 Å². The first-order chi connectivity index (χ1) is 3.65. The molecule has 0 atom stereocenters. The third-order valence-corrected chi connectivity index (χ3v) is 0.1000. The van der Waals surface area contributed by atoms with E-state index in [4.69, 9.17) is 23.5 Å². The maximum Gasteiger partial charge on any atom is 0.299 e. The summed E-state index contributed by atoms with van der Waals surface area (Å²) in [6.45, 7) is -0.250. The molecule has 0 unspecified atom stereocenters. The average Bonchev–Trinajstić information content (AvgIpc) is 1.65. The van der Waals surface area contributed by atoms with Crippen LogP contribution in [0, 0.1) is 0 Å². The average molecular weight is 144 g/mol. The van der Waals surface area contributed by atoms with Crippen molar-refractivity contribution < 1.29 is 23.5 Å². The Labute approximate surface area is 49.1 Å². The minimum atomic E-state index is -2.61. The third kappa shape index (κ3) is 152. The molecular formula is C2H8O5S. The minimum absolute atomic E-state index is 0.125. The molecule has 0 aromatic rings. The van der Waals surface area contributed by atoms with Gasteiger partial charge in [0, 0.05) is 0 Å². The fraction of sp³-hybridized carbons (Fsp3) is 1.00. The van der Waals surface area contributed by atoms with Crippen LogP contribution in [0.25, 0.3) is 0 Å². The molecule has 0 aliphatic heterocycles. The second-order valence-corrected chi connectivity index (χ2v) is 1.14. The maximum absolute atomic E-state index is 8.67. The lowest BCUT2D eigenvalue weighted by Crippen LogP contribution is -1.85. The standard InChI is InChI=1S/C2H6O2.H2O3S/c3-1-2-4;1-4(2)3/h3-4H,1-2H2;(H2,1,2,3). The van der Waals surface area contributed by atoms with Crippen molar-refractivity contribution in [1.29, 1.82) is 0 Å². The summed E-state index contributed by atoms with van der Waals surface area (Å²) in [5.41, 5.74) is 0. The predicted octanol–water partition coefficient (Wildman–Crippen LogP) is -1.35. The van der Waals surface area contributed by atoms with Crippen LogP contribution in [0.1, 0.15) is 0 Å². The molecule has 0 aromatic carbocycles. The van der Waals surface area contributed by atoms with Crippen LogP contribution in [0.15, 0.2) is 0 Å². The van der Waals surface area contributed by atoms with E-state index in [9.17, 15) is 0 Å². The van der Waals surface area contributed by atoms with Crippen molar-refractivity contribution in [2.24, 2.45) is 0 Å². The Morgan fingerprint density at radius 1 is 1.12 bits per heavy atom. The first kappa shape index (κ1) is 10.9. The molecule has 8 heavy (non-hydrogen) atoms. The fourth-order valence-corrected chi connectivity index (χ4v) is 0.